The maximum absolute atomic E-state index is 11.6. The molecule has 0 atom stereocenters. The lowest BCUT2D eigenvalue weighted by Gasteiger charge is -2.09. The maximum atomic E-state index is 11.6. The van der Waals surface area contributed by atoms with Gasteiger partial charge in [0.2, 0.25) is 0 Å². The van der Waals surface area contributed by atoms with Crippen LogP contribution < -0.4 is 15.8 Å². The van der Waals surface area contributed by atoms with Crippen LogP contribution in [0.25, 0.3) is 0 Å². The second kappa shape index (κ2) is 10.1. The van der Waals surface area contributed by atoms with Crippen LogP contribution in [0.15, 0.2) is 24.3 Å². The van der Waals surface area contributed by atoms with Gasteiger partial charge in [0.15, 0.2) is 6.61 Å². The summed E-state index contributed by atoms with van der Waals surface area (Å²) in [5, 5.41) is 11.3. The molecule has 2 amide bonds. The largest absolute Gasteiger partial charge is 0.483 e. The van der Waals surface area contributed by atoms with E-state index in [1.165, 1.54) is 0 Å². The minimum Gasteiger partial charge on any atom is -0.483 e. The number of hydrogen-bond donors (Lipinski definition) is 3. The fourth-order valence-electron chi connectivity index (χ4n) is 1.52. The molecule has 0 fully saturated rings. The predicted octanol–water partition coefficient (Wildman–Crippen LogP) is 0.396. The predicted molar refractivity (Wildman–Crippen MR) is 82.5 cm³/mol. The van der Waals surface area contributed by atoms with Crippen LogP contribution in [0.4, 0.5) is 0 Å². The van der Waals surface area contributed by atoms with E-state index in [0.717, 1.165) is 17.9 Å². The molecule has 7 heteroatoms. The Hall–Kier alpha value is -1.73. The Labute approximate surface area is 128 Å². The molecule has 0 aromatic heterocycles. The maximum Gasteiger partial charge on any atom is 0.257 e. The molecule has 1 aromatic carbocycles. The van der Waals surface area contributed by atoms with Gasteiger partial charge in [-0.05, 0) is 24.3 Å². The van der Waals surface area contributed by atoms with Gasteiger partial charge < -0.3 is 20.9 Å². The van der Waals surface area contributed by atoms with Crippen molar-refractivity contribution < 1.29 is 19.4 Å². The molecule has 21 heavy (non-hydrogen) atoms. The molecule has 0 aliphatic heterocycles. The topological polar surface area (TPSA) is 102 Å². The zero-order valence-electron chi connectivity index (χ0n) is 11.7. The van der Waals surface area contributed by atoms with Gasteiger partial charge in [-0.2, -0.15) is 11.8 Å². The lowest BCUT2D eigenvalue weighted by molar-refractivity contribution is -0.122. The summed E-state index contributed by atoms with van der Waals surface area (Å²) in [7, 11) is 0. The van der Waals surface area contributed by atoms with Gasteiger partial charge in [0, 0.05) is 18.9 Å². The summed E-state index contributed by atoms with van der Waals surface area (Å²) in [6.45, 7) is 0.563. The van der Waals surface area contributed by atoms with Crippen molar-refractivity contribution in [1.29, 1.82) is 0 Å². The fourth-order valence-corrected chi connectivity index (χ4v) is 2.31. The molecule has 0 aliphatic carbocycles. The number of nitrogens with one attached hydrogen (secondary N) is 1. The van der Waals surface area contributed by atoms with E-state index >= 15 is 0 Å². The summed E-state index contributed by atoms with van der Waals surface area (Å²) < 4.78 is 5.30. The van der Waals surface area contributed by atoms with Gasteiger partial charge in [-0.15, -0.1) is 0 Å². The van der Waals surface area contributed by atoms with Crippen LogP contribution in [0.2, 0.25) is 0 Å². The van der Waals surface area contributed by atoms with Crippen LogP contribution in [0.3, 0.4) is 0 Å². The highest BCUT2D eigenvalue weighted by molar-refractivity contribution is 7.99. The Morgan fingerprint density at radius 1 is 1.29 bits per heavy atom. The lowest BCUT2D eigenvalue weighted by Crippen LogP contribution is -2.31. The minimum atomic E-state index is -0.591. The first-order chi connectivity index (χ1) is 10.1. The Balaban J connectivity index is 2.26. The molecule has 0 heterocycles. The van der Waals surface area contributed by atoms with Crippen molar-refractivity contribution >= 4 is 23.6 Å². The summed E-state index contributed by atoms with van der Waals surface area (Å²) in [4.78, 5) is 22.8. The Morgan fingerprint density at radius 2 is 2.05 bits per heavy atom. The number of thioether (sulfide) groups is 1. The number of carbonyl (C=O) groups is 2. The van der Waals surface area contributed by atoms with Gasteiger partial charge in [0.25, 0.3) is 11.8 Å². The van der Waals surface area contributed by atoms with Crippen LogP contribution in [-0.2, 0) is 4.79 Å². The molecule has 1 aromatic rings. The standard InChI is InChI=1S/C14H20N2O4S/c15-14(19)11-4-1-2-5-12(11)20-10-13(18)16-6-9-21-8-3-7-17/h1-2,4-5,17H,3,6-10H2,(H2,15,19)(H,16,18). The monoisotopic (exact) mass is 312 g/mol. The lowest BCUT2D eigenvalue weighted by atomic mass is 10.2. The van der Waals surface area contributed by atoms with Crippen LogP contribution >= 0.6 is 11.8 Å². The second-order valence-electron chi connectivity index (χ2n) is 4.19. The number of benzene rings is 1. The number of aliphatic hydroxyl groups excluding tert-OH is 1. The number of amides is 2. The number of carbonyl (C=O) groups excluding carboxylic acids is 2. The van der Waals surface area contributed by atoms with E-state index in [1.807, 2.05) is 0 Å². The van der Waals surface area contributed by atoms with Crippen molar-refractivity contribution in [1.82, 2.24) is 5.32 Å². The highest BCUT2D eigenvalue weighted by atomic mass is 32.2. The smallest absolute Gasteiger partial charge is 0.257 e. The van der Waals surface area contributed by atoms with E-state index < -0.39 is 5.91 Å². The van der Waals surface area contributed by atoms with Gasteiger partial charge in [-0.3, -0.25) is 9.59 Å². The van der Waals surface area contributed by atoms with Gasteiger partial charge >= 0.3 is 0 Å². The molecule has 0 bridgehead atoms. The molecule has 4 N–H and O–H groups in total. The van der Waals surface area contributed by atoms with Crippen molar-refractivity contribution in [2.24, 2.45) is 5.73 Å². The normalized spacial score (nSPS) is 10.1. The summed E-state index contributed by atoms with van der Waals surface area (Å²) in [5.41, 5.74) is 5.47. The molecule has 0 spiro atoms. The van der Waals surface area contributed by atoms with Crippen LogP contribution in [-0.4, -0.2) is 48.2 Å². The molecule has 0 radical (unpaired) electrons. The number of para-hydroxylation sites is 1. The van der Waals surface area contributed by atoms with Crippen molar-refractivity contribution in [3.8, 4) is 5.75 Å². The Bertz CT molecular complexity index is 468. The van der Waals surface area contributed by atoms with Crippen LogP contribution in [0, 0.1) is 0 Å². The Morgan fingerprint density at radius 3 is 2.76 bits per heavy atom. The van der Waals surface area contributed by atoms with E-state index in [4.69, 9.17) is 15.6 Å². The quantitative estimate of drug-likeness (QED) is 0.543. The highest BCUT2D eigenvalue weighted by Crippen LogP contribution is 2.16. The van der Waals surface area contributed by atoms with Crippen molar-refractivity contribution in [2.45, 2.75) is 6.42 Å². The highest BCUT2D eigenvalue weighted by Gasteiger charge is 2.09. The van der Waals surface area contributed by atoms with Gasteiger partial charge in [0.05, 0.1) is 5.56 Å². The number of hydrogen-bond acceptors (Lipinski definition) is 5. The third-order valence-corrected chi connectivity index (χ3v) is 3.60. The van der Waals surface area contributed by atoms with E-state index in [-0.39, 0.29) is 24.7 Å². The third-order valence-electron chi connectivity index (χ3n) is 2.53. The zero-order valence-corrected chi connectivity index (χ0v) is 12.5. The van der Waals surface area contributed by atoms with Crippen LogP contribution in [0.5, 0.6) is 5.75 Å². The molecule has 0 aliphatic rings. The third kappa shape index (κ3) is 7.01. The molecule has 6 nitrogen and oxygen atoms in total. The molecular weight excluding hydrogens is 292 g/mol. The molecular formula is C14H20N2O4S. The first-order valence-electron chi connectivity index (χ1n) is 6.62. The number of ether oxygens (including phenoxy) is 1. The van der Waals surface area contributed by atoms with Crippen molar-refractivity contribution in [3.05, 3.63) is 29.8 Å². The van der Waals surface area contributed by atoms with Crippen LogP contribution in [0.1, 0.15) is 16.8 Å². The van der Waals surface area contributed by atoms with E-state index in [2.05, 4.69) is 5.32 Å². The zero-order chi connectivity index (χ0) is 15.5. The number of primary amides is 1. The summed E-state index contributed by atoms with van der Waals surface area (Å²) >= 11 is 1.66. The molecule has 0 saturated heterocycles. The molecule has 0 unspecified atom stereocenters. The minimum absolute atomic E-state index is 0.161. The van der Waals surface area contributed by atoms with E-state index in [0.29, 0.717) is 12.3 Å². The van der Waals surface area contributed by atoms with E-state index in [1.54, 1.807) is 36.0 Å². The van der Waals surface area contributed by atoms with Gasteiger partial charge in [-0.1, -0.05) is 12.1 Å². The number of aliphatic hydroxyl groups is 1. The average Bonchev–Trinajstić information content (AvgIpc) is 2.49. The summed E-state index contributed by atoms with van der Waals surface area (Å²) in [6.07, 6.45) is 0.756. The summed E-state index contributed by atoms with van der Waals surface area (Å²) in [6, 6.07) is 6.53. The van der Waals surface area contributed by atoms with Crippen molar-refractivity contribution in [3.63, 3.8) is 0 Å². The summed E-state index contributed by atoms with van der Waals surface area (Å²) in [5.74, 6) is 1.11. The number of nitrogens with two attached hydrogens (primary N) is 1. The fraction of sp³-hybridized carbons (Fsp3) is 0.429. The molecule has 116 valence electrons. The van der Waals surface area contributed by atoms with Gasteiger partial charge in [-0.25, -0.2) is 0 Å². The van der Waals surface area contributed by atoms with E-state index in [9.17, 15) is 9.59 Å². The Kier molecular flexibility index (Phi) is 8.30. The average molecular weight is 312 g/mol. The van der Waals surface area contributed by atoms with Crippen molar-refractivity contribution in [2.75, 3.05) is 31.3 Å². The second-order valence-corrected chi connectivity index (χ2v) is 5.41. The first kappa shape index (κ1) is 17.3. The molecule has 0 saturated carbocycles. The number of rotatable bonds is 10. The van der Waals surface area contributed by atoms with Gasteiger partial charge in [0.1, 0.15) is 5.75 Å². The SMILES string of the molecule is NC(=O)c1ccccc1OCC(=O)NCCSCCCO. The first-order valence-corrected chi connectivity index (χ1v) is 7.77. The molecule has 1 rings (SSSR count).